The number of pyridine rings is 2. The molecule has 0 unspecified atom stereocenters. The van der Waals surface area contributed by atoms with Crippen molar-refractivity contribution in [2.24, 2.45) is 0 Å². The monoisotopic (exact) mass is 318 g/mol. The first-order valence-electron chi connectivity index (χ1n) is 7.83. The van der Waals surface area contributed by atoms with E-state index in [4.69, 9.17) is 0 Å². The van der Waals surface area contributed by atoms with Gasteiger partial charge in [0.05, 0.1) is 5.69 Å². The quantitative estimate of drug-likeness (QED) is 0.592. The Hall–Kier alpha value is -3.28. The van der Waals surface area contributed by atoms with Crippen LogP contribution in [0, 0.1) is 0 Å². The number of hydrogen-bond acceptors (Lipinski definition) is 5. The Morgan fingerprint density at radius 2 is 1.88 bits per heavy atom. The van der Waals surface area contributed by atoms with Crippen LogP contribution in [0.15, 0.2) is 61.3 Å². The number of aromatic amines is 1. The van der Waals surface area contributed by atoms with Crippen LogP contribution in [0.2, 0.25) is 0 Å². The number of hydrogen-bond donors (Lipinski definition) is 2. The third-order valence-electron chi connectivity index (χ3n) is 3.32. The number of rotatable bonds is 3. The Labute approximate surface area is 140 Å². The summed E-state index contributed by atoms with van der Waals surface area (Å²) < 4.78 is 0. The van der Waals surface area contributed by atoms with E-state index in [1.54, 1.807) is 18.6 Å². The van der Waals surface area contributed by atoms with Crippen molar-refractivity contribution in [1.82, 2.24) is 24.9 Å². The van der Waals surface area contributed by atoms with Gasteiger partial charge in [0.2, 0.25) is 5.95 Å². The molecule has 0 saturated carbocycles. The molecule has 0 radical (unpaired) electrons. The van der Waals surface area contributed by atoms with Gasteiger partial charge in [-0.2, -0.15) is 0 Å². The fourth-order valence-electron chi connectivity index (χ4n) is 2.29. The van der Waals surface area contributed by atoms with E-state index in [0.717, 1.165) is 22.2 Å². The van der Waals surface area contributed by atoms with E-state index in [2.05, 4.69) is 30.2 Å². The van der Waals surface area contributed by atoms with Gasteiger partial charge in [-0.25, -0.2) is 15.0 Å². The topological polar surface area (TPSA) is 79.4 Å². The standard InChI is InChI=1S/C16H12N6.C2H6/c1-2-6-18-15(3-1)22-16-19-8-5-14(21-16)12-10-20-13-4-7-17-9-11(12)13;1-2/h1-10,20H,(H,18,19,21,22);1-2H3. The Bertz CT molecular complexity index is 917. The molecule has 0 bridgehead atoms. The lowest BCUT2D eigenvalue weighted by atomic mass is 10.1. The summed E-state index contributed by atoms with van der Waals surface area (Å²) in [4.78, 5) is 20.4. The molecule has 2 N–H and O–H groups in total. The largest absolute Gasteiger partial charge is 0.360 e. The highest BCUT2D eigenvalue weighted by Crippen LogP contribution is 2.26. The average Bonchev–Trinajstić information content (AvgIpc) is 3.09. The van der Waals surface area contributed by atoms with Gasteiger partial charge >= 0.3 is 0 Å². The lowest BCUT2D eigenvalue weighted by molar-refractivity contribution is 1.15. The van der Waals surface area contributed by atoms with Gasteiger partial charge in [0.1, 0.15) is 5.82 Å². The summed E-state index contributed by atoms with van der Waals surface area (Å²) in [5, 5.41) is 4.13. The van der Waals surface area contributed by atoms with Gasteiger partial charge in [-0.1, -0.05) is 19.9 Å². The van der Waals surface area contributed by atoms with E-state index in [1.165, 1.54) is 0 Å². The molecule has 0 atom stereocenters. The van der Waals surface area contributed by atoms with E-state index in [-0.39, 0.29) is 0 Å². The van der Waals surface area contributed by atoms with Crippen LogP contribution in [0.3, 0.4) is 0 Å². The van der Waals surface area contributed by atoms with Gasteiger partial charge in [0.15, 0.2) is 0 Å². The first-order chi connectivity index (χ1) is 11.9. The second-order valence-electron chi connectivity index (χ2n) is 4.73. The summed E-state index contributed by atoms with van der Waals surface area (Å²) in [6, 6.07) is 9.45. The van der Waals surface area contributed by atoms with Crippen molar-refractivity contribution in [2.45, 2.75) is 13.8 Å². The number of H-pyrrole nitrogens is 1. The zero-order valence-corrected chi connectivity index (χ0v) is 13.6. The van der Waals surface area contributed by atoms with Crippen LogP contribution < -0.4 is 5.32 Å². The van der Waals surface area contributed by atoms with Crippen LogP contribution in [0.25, 0.3) is 22.2 Å². The minimum Gasteiger partial charge on any atom is -0.360 e. The Balaban J connectivity index is 0.000000815. The van der Waals surface area contributed by atoms with E-state index in [9.17, 15) is 0 Å². The minimum absolute atomic E-state index is 0.509. The summed E-state index contributed by atoms with van der Waals surface area (Å²) in [6.07, 6.45) is 8.96. The van der Waals surface area contributed by atoms with Gasteiger partial charge in [-0.05, 0) is 24.3 Å². The molecule has 0 aliphatic carbocycles. The minimum atomic E-state index is 0.509. The Kier molecular flexibility index (Phi) is 4.76. The molecule has 0 saturated heterocycles. The predicted molar refractivity (Wildman–Crippen MR) is 96.0 cm³/mol. The van der Waals surface area contributed by atoms with E-state index in [0.29, 0.717) is 11.8 Å². The van der Waals surface area contributed by atoms with Crippen molar-refractivity contribution in [2.75, 3.05) is 5.32 Å². The Morgan fingerprint density at radius 1 is 0.958 bits per heavy atom. The maximum atomic E-state index is 4.55. The lowest BCUT2D eigenvalue weighted by Gasteiger charge is -2.05. The molecule has 0 amide bonds. The van der Waals surface area contributed by atoms with Crippen LogP contribution in [0.1, 0.15) is 13.8 Å². The van der Waals surface area contributed by atoms with Gasteiger partial charge in [-0.15, -0.1) is 0 Å². The Morgan fingerprint density at radius 3 is 2.71 bits per heavy atom. The zero-order chi connectivity index (χ0) is 16.8. The normalized spacial score (nSPS) is 10.1. The van der Waals surface area contributed by atoms with Crippen molar-refractivity contribution >= 4 is 22.7 Å². The van der Waals surface area contributed by atoms with Crippen LogP contribution in [0.5, 0.6) is 0 Å². The highest BCUT2D eigenvalue weighted by Gasteiger charge is 2.08. The van der Waals surface area contributed by atoms with Gasteiger partial charge in [-0.3, -0.25) is 4.98 Å². The number of nitrogens with zero attached hydrogens (tertiary/aromatic N) is 4. The molecule has 24 heavy (non-hydrogen) atoms. The lowest BCUT2D eigenvalue weighted by Crippen LogP contribution is -1.98. The molecule has 0 aliphatic heterocycles. The van der Waals surface area contributed by atoms with E-state index in [1.807, 2.05) is 56.6 Å². The molecule has 4 rings (SSSR count). The maximum absolute atomic E-state index is 4.55. The highest BCUT2D eigenvalue weighted by atomic mass is 15.1. The summed E-state index contributed by atoms with van der Waals surface area (Å²) in [5.74, 6) is 1.22. The van der Waals surface area contributed by atoms with Gasteiger partial charge in [0.25, 0.3) is 0 Å². The fraction of sp³-hybridized carbons (Fsp3) is 0.111. The molecule has 6 nitrogen and oxygen atoms in total. The van der Waals surface area contributed by atoms with Crippen molar-refractivity contribution in [1.29, 1.82) is 0 Å². The number of nitrogens with one attached hydrogen (secondary N) is 2. The molecule has 0 aliphatic rings. The third kappa shape index (κ3) is 3.22. The second-order valence-corrected chi connectivity index (χ2v) is 4.73. The molecule has 4 aromatic rings. The molecule has 4 heterocycles. The molecular weight excluding hydrogens is 300 g/mol. The maximum Gasteiger partial charge on any atom is 0.228 e. The molecule has 0 spiro atoms. The summed E-state index contributed by atoms with van der Waals surface area (Å²) in [5.41, 5.74) is 2.85. The fourth-order valence-corrected chi connectivity index (χ4v) is 2.29. The van der Waals surface area contributed by atoms with Crippen LogP contribution in [0.4, 0.5) is 11.8 Å². The number of fused-ring (bicyclic) bond motifs is 1. The predicted octanol–water partition coefficient (Wildman–Crippen LogP) is 4.18. The van der Waals surface area contributed by atoms with E-state index >= 15 is 0 Å². The second kappa shape index (κ2) is 7.32. The van der Waals surface area contributed by atoms with Crippen molar-refractivity contribution in [3.8, 4) is 11.3 Å². The van der Waals surface area contributed by atoms with Crippen LogP contribution >= 0.6 is 0 Å². The molecule has 6 heteroatoms. The number of anilines is 2. The molecule has 0 aromatic carbocycles. The highest BCUT2D eigenvalue weighted by molar-refractivity contribution is 5.93. The summed E-state index contributed by atoms with van der Waals surface area (Å²) in [6.45, 7) is 4.00. The molecule has 4 aromatic heterocycles. The molecule has 0 fully saturated rings. The van der Waals surface area contributed by atoms with E-state index < -0.39 is 0 Å². The van der Waals surface area contributed by atoms with Gasteiger partial charge in [0, 0.05) is 47.5 Å². The molecule has 120 valence electrons. The van der Waals surface area contributed by atoms with Crippen molar-refractivity contribution in [3.05, 3.63) is 61.3 Å². The number of aromatic nitrogens is 5. The summed E-state index contributed by atoms with van der Waals surface area (Å²) in [7, 11) is 0. The smallest absolute Gasteiger partial charge is 0.228 e. The first kappa shape index (κ1) is 15.6. The first-order valence-corrected chi connectivity index (χ1v) is 7.83. The average molecular weight is 318 g/mol. The van der Waals surface area contributed by atoms with Crippen molar-refractivity contribution < 1.29 is 0 Å². The van der Waals surface area contributed by atoms with Gasteiger partial charge < -0.3 is 10.3 Å². The van der Waals surface area contributed by atoms with Crippen molar-refractivity contribution in [3.63, 3.8) is 0 Å². The third-order valence-corrected chi connectivity index (χ3v) is 3.32. The van der Waals surface area contributed by atoms with Crippen LogP contribution in [-0.2, 0) is 0 Å². The molecular formula is C18H18N6. The summed E-state index contributed by atoms with van der Waals surface area (Å²) >= 11 is 0. The SMILES string of the molecule is CC.c1ccc(Nc2nccc(-c3c[nH]c4ccncc34)n2)nc1. The zero-order valence-electron chi connectivity index (χ0n) is 13.6. The van der Waals surface area contributed by atoms with Crippen LogP contribution in [-0.4, -0.2) is 24.9 Å².